The second-order valence-electron chi connectivity index (χ2n) is 12.3. The Morgan fingerprint density at radius 3 is 2.59 bits per heavy atom. The number of likely N-dealkylation sites (N-methyl/N-ethyl adjacent to an activating group) is 1. The SMILES string of the molecule is [C-]#[N+]c1cnn(C(C)(C)C)c1-n1c(=O)c2c(c3cc(Cl)c(-c4c(O)cccc4F)nc31)N1C[C@@H](C)N(C(=O)C=C)C[C@@H]1C(=O)N2C. The summed E-state index contributed by atoms with van der Waals surface area (Å²) in [5.74, 6) is -1.84. The van der Waals surface area contributed by atoms with Crippen LogP contribution in [0.1, 0.15) is 27.7 Å². The Morgan fingerprint density at radius 1 is 1.24 bits per heavy atom. The Balaban J connectivity index is 1.77. The minimum atomic E-state index is -0.843. The lowest BCUT2D eigenvalue weighted by Crippen LogP contribution is -2.66. The summed E-state index contributed by atoms with van der Waals surface area (Å²) < 4.78 is 17.9. The lowest BCUT2D eigenvalue weighted by molar-refractivity contribution is -0.130. The van der Waals surface area contributed by atoms with Gasteiger partial charge in [-0.2, -0.15) is 5.10 Å². The van der Waals surface area contributed by atoms with Crippen molar-refractivity contribution < 1.29 is 19.1 Å². The van der Waals surface area contributed by atoms with Gasteiger partial charge in [0.1, 0.15) is 29.1 Å². The number of carbonyl (C=O) groups excluding carboxylic acids is 2. The smallest absolute Gasteiger partial charge is 0.283 e. The van der Waals surface area contributed by atoms with Crippen LogP contribution in [-0.4, -0.2) is 73.4 Å². The van der Waals surface area contributed by atoms with Gasteiger partial charge in [-0.05, 0) is 52.0 Å². The molecule has 1 saturated heterocycles. The van der Waals surface area contributed by atoms with E-state index < -0.39 is 34.6 Å². The Bertz CT molecular complexity index is 2070. The number of phenols is 1. The predicted octanol–water partition coefficient (Wildman–Crippen LogP) is 4.62. The number of aromatic hydroxyl groups is 1. The number of phenolic OH excluding ortho intramolecular Hbond substituents is 1. The van der Waals surface area contributed by atoms with Crippen LogP contribution in [0.15, 0.2) is 47.9 Å². The molecule has 0 spiro atoms. The molecule has 0 radical (unpaired) electrons. The highest BCUT2D eigenvalue weighted by Crippen LogP contribution is 2.45. The summed E-state index contributed by atoms with van der Waals surface area (Å²) in [6, 6.07) is 4.09. The monoisotopic (exact) mass is 644 g/mol. The maximum absolute atomic E-state index is 15.2. The summed E-state index contributed by atoms with van der Waals surface area (Å²) in [5, 5.41) is 15.4. The van der Waals surface area contributed by atoms with Crippen LogP contribution < -0.4 is 15.4 Å². The van der Waals surface area contributed by atoms with Gasteiger partial charge in [-0.15, -0.1) is 0 Å². The first-order valence-electron chi connectivity index (χ1n) is 14.4. The number of nitrogens with zero attached hydrogens (tertiary/aromatic N) is 8. The molecule has 1 aromatic carbocycles. The van der Waals surface area contributed by atoms with Crippen LogP contribution in [-0.2, 0) is 15.1 Å². The molecule has 4 aromatic rings. The molecule has 46 heavy (non-hydrogen) atoms. The van der Waals surface area contributed by atoms with Gasteiger partial charge in [0.05, 0.1) is 46.8 Å². The topological polar surface area (TPSA) is 121 Å². The molecule has 2 aliphatic heterocycles. The molecule has 3 aromatic heterocycles. The van der Waals surface area contributed by atoms with Gasteiger partial charge in [0.15, 0.2) is 5.65 Å². The molecule has 6 rings (SSSR count). The van der Waals surface area contributed by atoms with Crippen LogP contribution in [0.5, 0.6) is 5.75 Å². The van der Waals surface area contributed by atoms with Crippen molar-refractivity contribution in [3.63, 3.8) is 0 Å². The maximum atomic E-state index is 15.2. The predicted molar refractivity (Wildman–Crippen MR) is 172 cm³/mol. The number of carbonyl (C=O) groups is 2. The van der Waals surface area contributed by atoms with Gasteiger partial charge < -0.3 is 19.8 Å². The number of pyridine rings is 2. The summed E-state index contributed by atoms with van der Waals surface area (Å²) in [5.41, 5.74) is -1.38. The average Bonchev–Trinajstić information content (AvgIpc) is 3.44. The summed E-state index contributed by atoms with van der Waals surface area (Å²) in [7, 11) is 1.48. The van der Waals surface area contributed by atoms with Crippen LogP contribution in [0.25, 0.3) is 33.0 Å². The number of benzene rings is 1. The van der Waals surface area contributed by atoms with E-state index in [2.05, 4.69) is 16.5 Å². The number of aromatic nitrogens is 4. The van der Waals surface area contributed by atoms with Crippen molar-refractivity contribution in [2.45, 2.75) is 45.3 Å². The summed E-state index contributed by atoms with van der Waals surface area (Å²) >= 11 is 6.80. The standard InChI is InChI=1S/C32H30ClFN8O4/c1-8-23(44)39-15-21-30(45)38(7)27-26(40(21)14-16(39)2)17-12-18(33)25(24-19(34)10-9-11-22(24)43)37-28(17)41(31(27)46)29-20(35-6)13-36-42(29)32(3,4)5/h8-13,16,21,43H,1,14-15H2,2-5,7H3/t16-,21-/m1/s1. The number of amides is 2. The first-order chi connectivity index (χ1) is 21.7. The van der Waals surface area contributed by atoms with Crippen LogP contribution in [0, 0.1) is 12.4 Å². The van der Waals surface area contributed by atoms with Gasteiger partial charge in [-0.1, -0.05) is 24.2 Å². The zero-order valence-electron chi connectivity index (χ0n) is 25.7. The van der Waals surface area contributed by atoms with Crippen molar-refractivity contribution >= 4 is 51.5 Å². The first-order valence-corrected chi connectivity index (χ1v) is 14.8. The average molecular weight is 645 g/mol. The minimum Gasteiger partial charge on any atom is -0.507 e. The molecular weight excluding hydrogens is 615 g/mol. The molecule has 12 nitrogen and oxygen atoms in total. The second kappa shape index (κ2) is 10.7. The molecule has 0 unspecified atom stereocenters. The number of hydrogen-bond donors (Lipinski definition) is 1. The Kier molecular flexibility index (Phi) is 7.16. The molecule has 5 heterocycles. The molecule has 1 fully saturated rings. The van der Waals surface area contributed by atoms with Gasteiger partial charge >= 0.3 is 0 Å². The number of halogens is 2. The van der Waals surface area contributed by atoms with Crippen LogP contribution in [0.3, 0.4) is 0 Å². The Morgan fingerprint density at radius 2 is 1.96 bits per heavy atom. The molecule has 236 valence electrons. The Hall–Kier alpha value is -5.22. The second-order valence-corrected chi connectivity index (χ2v) is 12.7. The first kappa shape index (κ1) is 30.8. The molecule has 1 N–H and O–H groups in total. The molecular formula is C32H30ClFN8O4. The van der Waals surface area contributed by atoms with E-state index in [4.69, 9.17) is 23.2 Å². The molecule has 2 aliphatic rings. The van der Waals surface area contributed by atoms with E-state index in [-0.39, 0.29) is 64.2 Å². The van der Waals surface area contributed by atoms with Crippen LogP contribution in [0.4, 0.5) is 21.5 Å². The van der Waals surface area contributed by atoms with Crippen LogP contribution >= 0.6 is 11.6 Å². The number of fused-ring (bicyclic) bond motifs is 5. The third-order valence-corrected chi connectivity index (χ3v) is 8.70. The van der Waals surface area contributed by atoms with Gasteiger partial charge in [0.25, 0.3) is 11.5 Å². The molecule has 0 bridgehead atoms. The van der Waals surface area contributed by atoms with Crippen molar-refractivity contribution in [2.75, 3.05) is 29.9 Å². The van der Waals surface area contributed by atoms with Crippen LogP contribution in [0.2, 0.25) is 5.02 Å². The summed E-state index contributed by atoms with van der Waals surface area (Å²) in [4.78, 5) is 54.3. The van der Waals surface area contributed by atoms with Gasteiger partial charge in [-0.3, -0.25) is 23.6 Å². The van der Waals surface area contributed by atoms with Crippen molar-refractivity contribution in [1.29, 1.82) is 0 Å². The Labute approximate surface area is 268 Å². The van der Waals surface area contributed by atoms with Crippen molar-refractivity contribution in [3.05, 3.63) is 75.7 Å². The zero-order chi connectivity index (χ0) is 33.4. The van der Waals surface area contributed by atoms with Crippen molar-refractivity contribution in [2.24, 2.45) is 0 Å². The van der Waals surface area contributed by atoms with Crippen molar-refractivity contribution in [1.82, 2.24) is 24.2 Å². The lowest BCUT2D eigenvalue weighted by Gasteiger charge is -2.49. The van der Waals surface area contributed by atoms with E-state index in [1.807, 2.05) is 27.7 Å². The summed E-state index contributed by atoms with van der Waals surface area (Å²) in [6.45, 7) is 19.1. The molecule has 2 amide bonds. The van der Waals surface area contributed by atoms with E-state index >= 15 is 4.39 Å². The molecule has 0 saturated carbocycles. The number of hydrogen-bond acceptors (Lipinski definition) is 7. The van der Waals surface area contributed by atoms with E-state index in [1.165, 1.54) is 51.7 Å². The fourth-order valence-corrected chi connectivity index (χ4v) is 6.52. The van der Waals surface area contributed by atoms with Gasteiger partial charge in [0, 0.05) is 25.0 Å². The third-order valence-electron chi connectivity index (χ3n) is 8.41. The number of rotatable bonds is 3. The largest absolute Gasteiger partial charge is 0.507 e. The van der Waals surface area contributed by atoms with E-state index in [0.29, 0.717) is 11.1 Å². The number of anilines is 2. The normalized spacial score (nSPS) is 18.0. The third kappa shape index (κ3) is 4.43. The molecule has 0 aliphatic carbocycles. The highest BCUT2D eigenvalue weighted by atomic mass is 35.5. The van der Waals surface area contributed by atoms with E-state index in [0.717, 1.165) is 6.07 Å². The fourth-order valence-electron chi connectivity index (χ4n) is 6.27. The highest BCUT2D eigenvalue weighted by Gasteiger charge is 2.46. The van der Waals surface area contributed by atoms with E-state index in [1.54, 1.807) is 9.80 Å². The minimum absolute atomic E-state index is 0.000419. The zero-order valence-corrected chi connectivity index (χ0v) is 26.5. The molecule has 14 heteroatoms. The number of piperazine rings is 1. The van der Waals surface area contributed by atoms with Gasteiger partial charge in [-0.25, -0.2) is 14.2 Å². The van der Waals surface area contributed by atoms with Gasteiger partial charge in [0.2, 0.25) is 11.6 Å². The maximum Gasteiger partial charge on any atom is 0.283 e. The fraction of sp³-hybridized carbons (Fsp3) is 0.312. The quantitative estimate of drug-likeness (QED) is 0.255. The molecule has 2 atom stereocenters. The van der Waals surface area contributed by atoms with E-state index in [9.17, 15) is 19.5 Å². The highest BCUT2D eigenvalue weighted by molar-refractivity contribution is 6.34. The summed E-state index contributed by atoms with van der Waals surface area (Å²) in [6.07, 6.45) is 2.54. The van der Waals surface area contributed by atoms with Crippen molar-refractivity contribution in [3.8, 4) is 22.8 Å². The lowest BCUT2D eigenvalue weighted by atomic mass is 9.98.